The lowest BCUT2D eigenvalue weighted by Crippen LogP contribution is -2.41. The summed E-state index contributed by atoms with van der Waals surface area (Å²) in [6.07, 6.45) is 1.85. The van der Waals surface area contributed by atoms with Gasteiger partial charge in [0.15, 0.2) is 5.12 Å². The molecule has 0 unspecified atom stereocenters. The summed E-state index contributed by atoms with van der Waals surface area (Å²) in [5.74, 6) is 0.193. The lowest BCUT2D eigenvalue weighted by Gasteiger charge is -2.32. The minimum absolute atomic E-state index is 0.0208. The van der Waals surface area contributed by atoms with Crippen LogP contribution < -0.4 is 0 Å². The number of rotatable bonds is 4. The van der Waals surface area contributed by atoms with Crippen molar-refractivity contribution in [2.45, 2.75) is 52.7 Å². The smallest absolute Gasteiger partial charge is 0.400 e. The maximum Gasteiger partial charge on any atom is 0.491 e. The molecule has 6 heteroatoms. The second-order valence-electron chi connectivity index (χ2n) is 7.10. The molecular weight excluding hydrogens is 326 g/mol. The lowest BCUT2D eigenvalue weighted by molar-refractivity contribution is -0.109. The van der Waals surface area contributed by atoms with Crippen LogP contribution in [0, 0.1) is 12.7 Å². The summed E-state index contributed by atoms with van der Waals surface area (Å²) in [7, 11) is -0.550. The van der Waals surface area contributed by atoms with Crippen molar-refractivity contribution in [3.05, 3.63) is 40.6 Å². The van der Waals surface area contributed by atoms with Gasteiger partial charge in [-0.25, -0.2) is 4.39 Å². The molecule has 0 aromatic heterocycles. The molecule has 0 aliphatic carbocycles. The number of aryl methyl sites for hydroxylation is 1. The van der Waals surface area contributed by atoms with Crippen LogP contribution in [0.1, 0.15) is 45.7 Å². The minimum atomic E-state index is -0.550. The van der Waals surface area contributed by atoms with Crippen molar-refractivity contribution in [2.24, 2.45) is 0 Å². The molecular formula is C18H24BFO3S. The van der Waals surface area contributed by atoms with Crippen molar-refractivity contribution in [3.8, 4) is 0 Å². The number of carbonyl (C=O) groups excluding carboxylic acids is 1. The Morgan fingerprint density at radius 2 is 1.83 bits per heavy atom. The maximum absolute atomic E-state index is 13.8. The van der Waals surface area contributed by atoms with Crippen LogP contribution in [0.4, 0.5) is 4.39 Å². The molecule has 24 heavy (non-hydrogen) atoms. The number of halogens is 1. The second kappa shape index (κ2) is 7.02. The first-order valence-corrected chi connectivity index (χ1v) is 8.96. The van der Waals surface area contributed by atoms with E-state index >= 15 is 0 Å². The number of carbonyl (C=O) groups is 1. The van der Waals surface area contributed by atoms with Gasteiger partial charge < -0.3 is 9.31 Å². The highest BCUT2D eigenvalue weighted by Gasteiger charge is 2.52. The molecule has 1 aliphatic heterocycles. The van der Waals surface area contributed by atoms with Crippen molar-refractivity contribution in [1.29, 1.82) is 0 Å². The Labute approximate surface area is 148 Å². The molecule has 0 saturated carbocycles. The van der Waals surface area contributed by atoms with Gasteiger partial charge in [-0.05, 0) is 57.3 Å². The Balaban J connectivity index is 2.33. The number of thioether (sulfide) groups is 1. The predicted octanol–water partition coefficient (Wildman–Crippen LogP) is 4.43. The molecule has 1 aromatic rings. The van der Waals surface area contributed by atoms with Crippen molar-refractivity contribution in [2.75, 3.05) is 5.75 Å². The molecule has 0 spiro atoms. The van der Waals surface area contributed by atoms with Crippen molar-refractivity contribution >= 4 is 30.1 Å². The van der Waals surface area contributed by atoms with E-state index in [-0.39, 0.29) is 10.9 Å². The molecule has 1 fully saturated rings. The van der Waals surface area contributed by atoms with Gasteiger partial charge in [-0.2, -0.15) is 0 Å². The minimum Gasteiger partial charge on any atom is -0.400 e. The van der Waals surface area contributed by atoms with Crippen LogP contribution in [0.15, 0.2) is 23.7 Å². The molecule has 0 bridgehead atoms. The Kier molecular flexibility index (Phi) is 5.62. The third-order valence-electron chi connectivity index (χ3n) is 4.55. The average Bonchev–Trinajstić information content (AvgIpc) is 2.67. The van der Waals surface area contributed by atoms with Gasteiger partial charge in [-0.1, -0.05) is 30.0 Å². The standard InChI is InChI=1S/C18H24BFO3S/c1-12-7-8-14(10-16(12)20)9-15(11-24-13(2)21)19-22-17(3,4)18(5,6)23-19/h7-10H,11H2,1-6H3. The largest absolute Gasteiger partial charge is 0.491 e. The van der Waals surface area contributed by atoms with Crippen LogP contribution in [0.5, 0.6) is 0 Å². The Morgan fingerprint density at radius 1 is 1.25 bits per heavy atom. The normalized spacial score (nSPS) is 19.6. The molecule has 0 radical (unpaired) electrons. The van der Waals surface area contributed by atoms with Crippen LogP contribution in [-0.4, -0.2) is 29.2 Å². The fourth-order valence-corrected chi connectivity index (χ4v) is 2.86. The monoisotopic (exact) mass is 350 g/mol. The first kappa shape index (κ1) is 19.2. The molecule has 0 N–H and O–H groups in total. The van der Waals surface area contributed by atoms with Gasteiger partial charge in [-0.15, -0.1) is 0 Å². The molecule has 1 saturated heterocycles. The van der Waals surface area contributed by atoms with Gasteiger partial charge in [0, 0.05) is 12.7 Å². The summed E-state index contributed by atoms with van der Waals surface area (Å²) in [5, 5.41) is 0.0208. The van der Waals surface area contributed by atoms with E-state index in [9.17, 15) is 9.18 Å². The van der Waals surface area contributed by atoms with Gasteiger partial charge >= 0.3 is 7.12 Å². The van der Waals surface area contributed by atoms with E-state index in [1.165, 1.54) is 24.8 Å². The fraction of sp³-hybridized carbons (Fsp3) is 0.500. The van der Waals surface area contributed by atoms with Gasteiger partial charge in [0.25, 0.3) is 0 Å². The van der Waals surface area contributed by atoms with Gasteiger partial charge in [0.2, 0.25) is 0 Å². The van der Waals surface area contributed by atoms with E-state index in [1.807, 2.05) is 39.8 Å². The zero-order valence-corrected chi connectivity index (χ0v) is 15.9. The topological polar surface area (TPSA) is 35.5 Å². The summed E-state index contributed by atoms with van der Waals surface area (Å²) < 4.78 is 26.0. The zero-order valence-electron chi connectivity index (χ0n) is 15.1. The van der Waals surface area contributed by atoms with Gasteiger partial charge in [0.05, 0.1) is 11.2 Å². The first-order valence-electron chi connectivity index (χ1n) is 7.97. The fourth-order valence-electron chi connectivity index (χ4n) is 2.27. The molecule has 0 amide bonds. The van der Waals surface area contributed by atoms with E-state index in [1.54, 1.807) is 13.0 Å². The Morgan fingerprint density at radius 3 is 2.33 bits per heavy atom. The summed E-state index contributed by atoms with van der Waals surface area (Å²) >= 11 is 1.19. The third kappa shape index (κ3) is 4.29. The van der Waals surface area contributed by atoms with E-state index < -0.39 is 18.3 Å². The molecule has 0 atom stereocenters. The highest BCUT2D eigenvalue weighted by molar-refractivity contribution is 8.13. The number of hydrogen-bond acceptors (Lipinski definition) is 4. The Hall–Kier alpha value is -1.11. The molecule has 2 rings (SSSR count). The third-order valence-corrected chi connectivity index (χ3v) is 5.43. The zero-order chi connectivity index (χ0) is 18.1. The van der Waals surface area contributed by atoms with Crippen LogP contribution in [-0.2, 0) is 14.1 Å². The van der Waals surface area contributed by atoms with E-state index in [2.05, 4.69) is 0 Å². The summed E-state index contributed by atoms with van der Waals surface area (Å²) in [4.78, 5) is 11.4. The van der Waals surface area contributed by atoms with Crippen LogP contribution in [0.2, 0.25) is 0 Å². The quantitative estimate of drug-likeness (QED) is 0.753. The van der Waals surface area contributed by atoms with Gasteiger partial charge in [-0.3, -0.25) is 4.79 Å². The lowest BCUT2D eigenvalue weighted by atomic mass is 9.78. The highest BCUT2D eigenvalue weighted by Crippen LogP contribution is 2.39. The number of benzene rings is 1. The van der Waals surface area contributed by atoms with Crippen molar-refractivity contribution in [1.82, 2.24) is 0 Å². The van der Waals surface area contributed by atoms with Crippen LogP contribution >= 0.6 is 11.8 Å². The first-order chi connectivity index (χ1) is 11.0. The van der Waals surface area contributed by atoms with Crippen LogP contribution in [0.25, 0.3) is 6.08 Å². The summed E-state index contributed by atoms with van der Waals surface area (Å²) in [5.41, 5.74) is 1.22. The number of hydrogen-bond donors (Lipinski definition) is 0. The van der Waals surface area contributed by atoms with Crippen LogP contribution in [0.3, 0.4) is 0 Å². The molecule has 1 heterocycles. The summed E-state index contributed by atoms with van der Waals surface area (Å²) in [6.45, 7) is 11.2. The average molecular weight is 350 g/mol. The van der Waals surface area contributed by atoms with Crippen molar-refractivity contribution < 1.29 is 18.5 Å². The molecule has 3 nitrogen and oxygen atoms in total. The van der Waals surface area contributed by atoms with E-state index in [0.717, 1.165) is 11.0 Å². The summed E-state index contributed by atoms with van der Waals surface area (Å²) in [6, 6.07) is 5.07. The predicted molar refractivity (Wildman–Crippen MR) is 98.3 cm³/mol. The molecule has 1 aromatic carbocycles. The van der Waals surface area contributed by atoms with E-state index in [0.29, 0.717) is 11.3 Å². The maximum atomic E-state index is 13.8. The molecule has 130 valence electrons. The van der Waals surface area contributed by atoms with Gasteiger partial charge in [0.1, 0.15) is 5.82 Å². The SMILES string of the molecule is CC(=O)SCC(=Cc1ccc(C)c(F)c1)B1OC(C)(C)C(C)(C)O1. The molecule has 1 aliphatic rings. The van der Waals surface area contributed by atoms with E-state index in [4.69, 9.17) is 9.31 Å². The second-order valence-corrected chi connectivity index (χ2v) is 8.25. The van der Waals surface area contributed by atoms with Crippen molar-refractivity contribution in [3.63, 3.8) is 0 Å². The highest BCUT2D eigenvalue weighted by atomic mass is 32.2. The Bertz CT molecular complexity index is 654.